The third-order valence-electron chi connectivity index (χ3n) is 4.78. The SMILES string of the molecule is COC(=O)[C@@H]1C[C@@H](Oc2nc3cc(OC)ccc3nc2C)CN1C(=O)OC(C)(C)C.O=CC(F)(F)F. The molecular formula is C23H28F3N3O7. The summed E-state index contributed by atoms with van der Waals surface area (Å²) in [6.07, 6.45) is -6.48. The average Bonchev–Trinajstić information content (AvgIpc) is 3.21. The number of ether oxygens (including phenoxy) is 4. The van der Waals surface area contributed by atoms with E-state index in [1.807, 2.05) is 12.1 Å². The standard InChI is InChI=1S/C21H27N3O6.C2HF3O/c1-12-18(23-16-9-13(27-5)7-8-15(16)22-12)29-14-10-17(19(25)28-6)24(11-14)20(26)30-21(2,3)4;3-2(4,5)1-6/h7-9,14,17H,10-11H2,1-6H3;1H/t14-,17+;/m1./s1. The Hall–Kier alpha value is -3.64. The second-order valence-corrected chi connectivity index (χ2v) is 8.78. The van der Waals surface area contributed by atoms with Crippen molar-refractivity contribution in [1.82, 2.24) is 14.9 Å². The number of esters is 1. The van der Waals surface area contributed by atoms with Crippen LogP contribution in [-0.2, 0) is 19.1 Å². The lowest BCUT2D eigenvalue weighted by Crippen LogP contribution is -2.44. The first-order valence-electron chi connectivity index (χ1n) is 10.8. The molecule has 0 N–H and O–H groups in total. The maximum atomic E-state index is 12.6. The highest BCUT2D eigenvalue weighted by atomic mass is 19.4. The van der Waals surface area contributed by atoms with Crippen molar-refractivity contribution in [2.75, 3.05) is 20.8 Å². The van der Waals surface area contributed by atoms with Crippen molar-refractivity contribution in [2.45, 2.75) is 58.0 Å². The highest BCUT2D eigenvalue weighted by Gasteiger charge is 2.43. The number of rotatable bonds is 4. The molecule has 1 aromatic heterocycles. The zero-order valence-corrected chi connectivity index (χ0v) is 20.7. The maximum Gasteiger partial charge on any atom is 0.446 e. The van der Waals surface area contributed by atoms with Crippen LogP contribution in [0.2, 0.25) is 0 Å². The summed E-state index contributed by atoms with van der Waals surface area (Å²) >= 11 is 0. The topological polar surface area (TPSA) is 117 Å². The smallest absolute Gasteiger partial charge is 0.446 e. The Morgan fingerprint density at radius 1 is 1.11 bits per heavy atom. The number of aromatic nitrogens is 2. The van der Waals surface area contributed by atoms with Gasteiger partial charge in [0, 0.05) is 12.5 Å². The molecule has 2 heterocycles. The van der Waals surface area contributed by atoms with E-state index < -0.39 is 42.3 Å². The van der Waals surface area contributed by atoms with Crippen molar-refractivity contribution < 1.29 is 46.5 Å². The molecule has 10 nitrogen and oxygen atoms in total. The van der Waals surface area contributed by atoms with Gasteiger partial charge in [0.25, 0.3) is 0 Å². The van der Waals surface area contributed by atoms with Gasteiger partial charge in [-0.05, 0) is 39.8 Å². The molecule has 1 fully saturated rings. The van der Waals surface area contributed by atoms with E-state index in [0.717, 1.165) is 5.52 Å². The van der Waals surface area contributed by atoms with Gasteiger partial charge in [0.1, 0.15) is 29.2 Å². The molecule has 1 aromatic carbocycles. The second-order valence-electron chi connectivity index (χ2n) is 8.78. The number of likely N-dealkylation sites (tertiary alicyclic amines) is 1. The lowest BCUT2D eigenvalue weighted by molar-refractivity contribution is -0.156. The van der Waals surface area contributed by atoms with E-state index in [0.29, 0.717) is 22.8 Å². The third kappa shape index (κ3) is 7.95. The van der Waals surface area contributed by atoms with Gasteiger partial charge >= 0.3 is 18.2 Å². The van der Waals surface area contributed by atoms with Crippen LogP contribution in [0.1, 0.15) is 32.9 Å². The highest BCUT2D eigenvalue weighted by Crippen LogP contribution is 2.28. The number of carbonyl (C=O) groups is 3. The summed E-state index contributed by atoms with van der Waals surface area (Å²) < 4.78 is 52.8. The Morgan fingerprint density at radius 2 is 1.75 bits per heavy atom. The largest absolute Gasteiger partial charge is 0.497 e. The van der Waals surface area contributed by atoms with E-state index in [2.05, 4.69) is 9.97 Å². The van der Waals surface area contributed by atoms with E-state index in [1.54, 1.807) is 40.9 Å². The van der Waals surface area contributed by atoms with E-state index >= 15 is 0 Å². The van der Waals surface area contributed by atoms with Gasteiger partial charge in [0.05, 0.1) is 31.8 Å². The Kier molecular flexibility index (Phi) is 9.05. The molecule has 2 atom stereocenters. The molecule has 1 amide bonds. The fourth-order valence-corrected chi connectivity index (χ4v) is 3.27. The molecule has 198 valence electrons. The van der Waals surface area contributed by atoms with Crippen molar-refractivity contribution >= 4 is 29.4 Å². The fraction of sp³-hybridized carbons (Fsp3) is 0.522. The first kappa shape index (κ1) is 28.6. The number of hydrogen-bond acceptors (Lipinski definition) is 9. The molecule has 13 heteroatoms. The van der Waals surface area contributed by atoms with E-state index in [1.165, 1.54) is 12.0 Å². The monoisotopic (exact) mass is 515 g/mol. The van der Waals surface area contributed by atoms with Gasteiger partial charge < -0.3 is 18.9 Å². The van der Waals surface area contributed by atoms with Gasteiger partial charge in [0.2, 0.25) is 12.2 Å². The number of halogens is 3. The molecule has 0 saturated carbocycles. The van der Waals surface area contributed by atoms with Gasteiger partial charge in [-0.25, -0.2) is 19.6 Å². The lowest BCUT2D eigenvalue weighted by atomic mass is 10.2. The van der Waals surface area contributed by atoms with Crippen LogP contribution in [-0.4, -0.2) is 77.9 Å². The molecule has 0 bridgehead atoms. The zero-order chi connectivity index (χ0) is 27.3. The minimum atomic E-state index is -4.64. The molecule has 3 rings (SSSR count). The van der Waals surface area contributed by atoms with Crippen LogP contribution in [0.15, 0.2) is 18.2 Å². The molecule has 36 heavy (non-hydrogen) atoms. The molecule has 0 aliphatic carbocycles. The van der Waals surface area contributed by atoms with Crippen LogP contribution >= 0.6 is 0 Å². The predicted molar refractivity (Wildman–Crippen MR) is 121 cm³/mol. The number of aldehydes is 1. The quantitative estimate of drug-likeness (QED) is 0.444. The van der Waals surface area contributed by atoms with Gasteiger partial charge in [-0.15, -0.1) is 0 Å². The molecule has 0 radical (unpaired) electrons. The van der Waals surface area contributed by atoms with Crippen LogP contribution in [0.5, 0.6) is 11.6 Å². The van der Waals surface area contributed by atoms with Gasteiger partial charge in [-0.1, -0.05) is 0 Å². The number of benzene rings is 1. The van der Waals surface area contributed by atoms with E-state index in [-0.39, 0.29) is 13.0 Å². The Balaban J connectivity index is 0.000000678. The summed E-state index contributed by atoms with van der Waals surface area (Å²) in [5.74, 6) is 0.489. The number of aryl methyl sites for hydroxylation is 1. The molecule has 0 spiro atoms. The summed E-state index contributed by atoms with van der Waals surface area (Å²) in [6.45, 7) is 7.27. The molecule has 0 unspecified atom stereocenters. The van der Waals surface area contributed by atoms with Crippen molar-refractivity contribution in [1.29, 1.82) is 0 Å². The van der Waals surface area contributed by atoms with Crippen molar-refractivity contribution in [3.63, 3.8) is 0 Å². The molecule has 1 aliphatic heterocycles. The number of alkyl halides is 3. The normalized spacial score (nSPS) is 17.6. The number of amides is 1. The van der Waals surface area contributed by atoms with Crippen LogP contribution in [0.3, 0.4) is 0 Å². The Labute approximate surface area is 205 Å². The van der Waals surface area contributed by atoms with Crippen molar-refractivity contribution in [2.24, 2.45) is 0 Å². The summed E-state index contributed by atoms with van der Waals surface area (Å²) in [6, 6.07) is 4.62. The third-order valence-corrected chi connectivity index (χ3v) is 4.78. The highest BCUT2D eigenvalue weighted by molar-refractivity contribution is 5.82. The number of carbonyl (C=O) groups excluding carboxylic acids is 3. The minimum Gasteiger partial charge on any atom is -0.497 e. The van der Waals surface area contributed by atoms with Gasteiger partial charge in [-0.2, -0.15) is 13.2 Å². The van der Waals surface area contributed by atoms with Crippen LogP contribution in [0.25, 0.3) is 11.0 Å². The first-order valence-corrected chi connectivity index (χ1v) is 10.8. The minimum absolute atomic E-state index is 0.173. The second kappa shape index (κ2) is 11.4. The predicted octanol–water partition coefficient (Wildman–Crippen LogP) is 3.62. The number of nitrogens with zero attached hydrogens (tertiary/aromatic N) is 3. The first-order chi connectivity index (χ1) is 16.7. The molecule has 1 saturated heterocycles. The number of hydrogen-bond donors (Lipinski definition) is 0. The summed E-state index contributed by atoms with van der Waals surface area (Å²) in [5.41, 5.74) is 1.27. The lowest BCUT2D eigenvalue weighted by Gasteiger charge is -2.27. The average molecular weight is 515 g/mol. The van der Waals surface area contributed by atoms with Crippen LogP contribution in [0.4, 0.5) is 18.0 Å². The summed E-state index contributed by atoms with van der Waals surface area (Å²) in [5, 5.41) is 0. The molecule has 1 aliphatic rings. The summed E-state index contributed by atoms with van der Waals surface area (Å²) in [7, 11) is 2.87. The van der Waals surface area contributed by atoms with Crippen molar-refractivity contribution in [3.05, 3.63) is 23.9 Å². The zero-order valence-electron chi connectivity index (χ0n) is 20.7. The fourth-order valence-electron chi connectivity index (χ4n) is 3.27. The maximum absolute atomic E-state index is 12.6. The molecule has 2 aromatic rings. The van der Waals surface area contributed by atoms with Crippen LogP contribution < -0.4 is 9.47 Å². The number of fused-ring (bicyclic) bond motifs is 1. The Morgan fingerprint density at radius 3 is 2.28 bits per heavy atom. The summed E-state index contributed by atoms with van der Waals surface area (Å²) in [4.78, 5) is 44.0. The van der Waals surface area contributed by atoms with Gasteiger partial charge in [-0.3, -0.25) is 9.69 Å². The van der Waals surface area contributed by atoms with E-state index in [9.17, 15) is 22.8 Å². The van der Waals surface area contributed by atoms with E-state index in [4.69, 9.17) is 23.7 Å². The van der Waals surface area contributed by atoms with Gasteiger partial charge in [0.15, 0.2) is 0 Å². The molecular weight excluding hydrogens is 487 g/mol. The Bertz CT molecular complexity index is 1100. The number of methoxy groups -OCH3 is 2. The van der Waals surface area contributed by atoms with Crippen molar-refractivity contribution in [3.8, 4) is 11.6 Å². The van der Waals surface area contributed by atoms with Crippen LogP contribution in [0, 0.1) is 6.92 Å².